The van der Waals surface area contributed by atoms with Crippen molar-refractivity contribution in [2.75, 3.05) is 10.6 Å². The standard InChI is InChI=1S/C23H16F3N5O/c24-23(25,26)19-7-4-8-20(30-19)31-21-13-16(9-12-28-21)22(32)29-18-14-27-11-10-17(18)15-5-2-1-3-6-15/h1-14H,(H,29,32)(H,28,30,31). The number of aromatic nitrogens is 3. The molecular weight excluding hydrogens is 419 g/mol. The van der Waals surface area contributed by atoms with E-state index in [0.717, 1.165) is 17.2 Å². The third-order valence-corrected chi connectivity index (χ3v) is 4.47. The van der Waals surface area contributed by atoms with Gasteiger partial charge in [0.05, 0.1) is 11.9 Å². The van der Waals surface area contributed by atoms with Gasteiger partial charge in [-0.1, -0.05) is 36.4 Å². The zero-order chi connectivity index (χ0) is 22.6. The molecule has 0 fully saturated rings. The quantitative estimate of drug-likeness (QED) is 0.429. The van der Waals surface area contributed by atoms with Crippen molar-refractivity contribution in [2.24, 2.45) is 0 Å². The normalized spacial score (nSPS) is 11.1. The molecule has 0 radical (unpaired) electrons. The smallest absolute Gasteiger partial charge is 0.325 e. The summed E-state index contributed by atoms with van der Waals surface area (Å²) in [7, 11) is 0. The van der Waals surface area contributed by atoms with E-state index >= 15 is 0 Å². The first-order chi connectivity index (χ1) is 15.4. The van der Waals surface area contributed by atoms with Crippen LogP contribution in [-0.2, 0) is 6.18 Å². The Morgan fingerprint density at radius 3 is 2.47 bits per heavy atom. The predicted molar refractivity (Wildman–Crippen MR) is 114 cm³/mol. The zero-order valence-corrected chi connectivity index (χ0v) is 16.5. The molecular formula is C23H16F3N5O. The van der Waals surface area contributed by atoms with Crippen LogP contribution in [0.2, 0.25) is 0 Å². The molecule has 6 nitrogen and oxygen atoms in total. The van der Waals surface area contributed by atoms with Gasteiger partial charge in [0, 0.05) is 23.5 Å². The van der Waals surface area contributed by atoms with Crippen molar-refractivity contribution < 1.29 is 18.0 Å². The van der Waals surface area contributed by atoms with Gasteiger partial charge in [-0.3, -0.25) is 9.78 Å². The van der Waals surface area contributed by atoms with E-state index in [4.69, 9.17) is 0 Å². The Hall–Kier alpha value is -4.27. The van der Waals surface area contributed by atoms with Crippen molar-refractivity contribution in [2.45, 2.75) is 6.18 Å². The van der Waals surface area contributed by atoms with Crippen LogP contribution in [-0.4, -0.2) is 20.9 Å². The predicted octanol–water partition coefficient (Wildman–Crippen LogP) is 5.55. The molecule has 4 rings (SSSR count). The molecule has 3 heterocycles. The maximum absolute atomic E-state index is 12.9. The average Bonchev–Trinajstić information content (AvgIpc) is 2.80. The van der Waals surface area contributed by atoms with Crippen molar-refractivity contribution in [1.29, 1.82) is 0 Å². The Morgan fingerprint density at radius 2 is 1.69 bits per heavy atom. The number of anilines is 3. The number of hydrogen-bond donors (Lipinski definition) is 2. The van der Waals surface area contributed by atoms with E-state index in [9.17, 15) is 18.0 Å². The van der Waals surface area contributed by atoms with Gasteiger partial charge in [-0.15, -0.1) is 0 Å². The highest BCUT2D eigenvalue weighted by Crippen LogP contribution is 2.29. The van der Waals surface area contributed by atoms with Gasteiger partial charge in [-0.25, -0.2) is 9.97 Å². The lowest BCUT2D eigenvalue weighted by Gasteiger charge is -2.12. The molecule has 1 amide bonds. The topological polar surface area (TPSA) is 79.8 Å². The number of hydrogen-bond acceptors (Lipinski definition) is 5. The van der Waals surface area contributed by atoms with E-state index < -0.39 is 17.8 Å². The number of alkyl halides is 3. The fourth-order valence-corrected chi connectivity index (χ4v) is 2.99. The fourth-order valence-electron chi connectivity index (χ4n) is 2.99. The second-order valence-electron chi connectivity index (χ2n) is 6.70. The summed E-state index contributed by atoms with van der Waals surface area (Å²) in [5.74, 6) is -0.278. The molecule has 160 valence electrons. The van der Waals surface area contributed by atoms with Crippen molar-refractivity contribution in [1.82, 2.24) is 15.0 Å². The molecule has 32 heavy (non-hydrogen) atoms. The number of nitrogens with one attached hydrogen (secondary N) is 2. The molecule has 4 aromatic rings. The monoisotopic (exact) mass is 435 g/mol. The van der Waals surface area contributed by atoms with E-state index in [1.165, 1.54) is 30.5 Å². The van der Waals surface area contributed by atoms with Crippen LogP contribution in [0.1, 0.15) is 16.1 Å². The average molecular weight is 435 g/mol. The first-order valence-corrected chi connectivity index (χ1v) is 9.48. The summed E-state index contributed by atoms with van der Waals surface area (Å²) in [4.78, 5) is 24.5. The highest BCUT2D eigenvalue weighted by atomic mass is 19.4. The second-order valence-corrected chi connectivity index (χ2v) is 6.70. The van der Waals surface area contributed by atoms with Gasteiger partial charge in [0.2, 0.25) is 0 Å². The Labute approximate surface area is 181 Å². The van der Waals surface area contributed by atoms with Crippen LogP contribution in [0.3, 0.4) is 0 Å². The molecule has 0 atom stereocenters. The molecule has 0 saturated heterocycles. The third kappa shape index (κ3) is 4.89. The SMILES string of the molecule is O=C(Nc1cnccc1-c1ccccc1)c1ccnc(Nc2cccc(C(F)(F)F)n2)c1. The Kier molecular flexibility index (Phi) is 5.80. The maximum Gasteiger partial charge on any atom is 0.433 e. The molecule has 2 N–H and O–H groups in total. The summed E-state index contributed by atoms with van der Waals surface area (Å²) in [5, 5.41) is 5.52. The largest absolute Gasteiger partial charge is 0.433 e. The van der Waals surface area contributed by atoms with Crippen LogP contribution in [0.4, 0.5) is 30.5 Å². The number of nitrogens with zero attached hydrogens (tertiary/aromatic N) is 3. The van der Waals surface area contributed by atoms with Crippen LogP contribution < -0.4 is 10.6 Å². The van der Waals surface area contributed by atoms with E-state index in [1.807, 2.05) is 30.3 Å². The lowest BCUT2D eigenvalue weighted by molar-refractivity contribution is -0.141. The number of carbonyl (C=O) groups excluding carboxylic acids is 1. The van der Waals surface area contributed by atoms with E-state index in [-0.39, 0.29) is 17.2 Å². The van der Waals surface area contributed by atoms with Gasteiger partial charge in [-0.05, 0) is 35.9 Å². The number of carbonyl (C=O) groups is 1. The zero-order valence-electron chi connectivity index (χ0n) is 16.5. The fraction of sp³-hybridized carbons (Fsp3) is 0.0435. The number of pyridine rings is 3. The maximum atomic E-state index is 12.9. The lowest BCUT2D eigenvalue weighted by Crippen LogP contribution is -2.13. The van der Waals surface area contributed by atoms with Crippen molar-refractivity contribution in [3.8, 4) is 11.1 Å². The number of benzene rings is 1. The van der Waals surface area contributed by atoms with Gasteiger partial charge in [0.25, 0.3) is 5.91 Å². The molecule has 1 aromatic carbocycles. The molecule has 9 heteroatoms. The lowest BCUT2D eigenvalue weighted by atomic mass is 10.1. The molecule has 0 aliphatic heterocycles. The van der Waals surface area contributed by atoms with Gasteiger partial charge in [-0.2, -0.15) is 13.2 Å². The van der Waals surface area contributed by atoms with E-state index in [1.54, 1.807) is 18.5 Å². The summed E-state index contributed by atoms with van der Waals surface area (Å²) < 4.78 is 38.6. The van der Waals surface area contributed by atoms with Gasteiger partial charge >= 0.3 is 6.18 Å². The molecule has 0 spiro atoms. The molecule has 0 aliphatic rings. The van der Waals surface area contributed by atoms with E-state index in [2.05, 4.69) is 25.6 Å². The minimum Gasteiger partial charge on any atom is -0.325 e. The highest BCUT2D eigenvalue weighted by Gasteiger charge is 2.32. The second kappa shape index (κ2) is 8.84. The first-order valence-electron chi connectivity index (χ1n) is 9.48. The Morgan fingerprint density at radius 1 is 0.875 bits per heavy atom. The highest BCUT2D eigenvalue weighted by molar-refractivity contribution is 6.06. The summed E-state index contributed by atoms with van der Waals surface area (Å²) >= 11 is 0. The van der Waals surface area contributed by atoms with Crippen molar-refractivity contribution >= 4 is 23.2 Å². The minimum atomic E-state index is -4.56. The van der Waals surface area contributed by atoms with Crippen LogP contribution in [0.5, 0.6) is 0 Å². The van der Waals surface area contributed by atoms with Crippen LogP contribution in [0.25, 0.3) is 11.1 Å². The summed E-state index contributed by atoms with van der Waals surface area (Å²) in [6, 6.07) is 17.7. The molecule has 3 aromatic heterocycles. The van der Waals surface area contributed by atoms with Crippen LogP contribution in [0.15, 0.2) is 85.3 Å². The first kappa shape index (κ1) is 21.0. The molecule has 0 saturated carbocycles. The van der Waals surface area contributed by atoms with E-state index in [0.29, 0.717) is 5.69 Å². The van der Waals surface area contributed by atoms with Crippen LogP contribution >= 0.6 is 0 Å². The number of amides is 1. The van der Waals surface area contributed by atoms with Gasteiger partial charge in [0.1, 0.15) is 17.3 Å². The number of halogens is 3. The van der Waals surface area contributed by atoms with Crippen LogP contribution in [0, 0.1) is 0 Å². The van der Waals surface area contributed by atoms with Gasteiger partial charge < -0.3 is 10.6 Å². The Balaban J connectivity index is 1.54. The van der Waals surface area contributed by atoms with Gasteiger partial charge in [0.15, 0.2) is 0 Å². The molecule has 0 aliphatic carbocycles. The molecule has 0 unspecified atom stereocenters. The summed E-state index contributed by atoms with van der Waals surface area (Å²) in [5.41, 5.74) is 1.47. The van der Waals surface area contributed by atoms with Crippen molar-refractivity contribution in [3.63, 3.8) is 0 Å². The minimum absolute atomic E-state index is 0.0384. The Bertz CT molecular complexity index is 1250. The summed E-state index contributed by atoms with van der Waals surface area (Å²) in [6.07, 6.45) is 0.000889. The third-order valence-electron chi connectivity index (χ3n) is 4.47. The number of rotatable bonds is 5. The summed E-state index contributed by atoms with van der Waals surface area (Å²) in [6.45, 7) is 0. The molecule has 0 bridgehead atoms. The van der Waals surface area contributed by atoms with Crippen molar-refractivity contribution in [3.05, 3.63) is 96.6 Å².